The summed E-state index contributed by atoms with van der Waals surface area (Å²) in [5.74, 6) is 0.810. The number of fused-ring (bicyclic) bond motifs is 1. The number of anilines is 1. The maximum Gasteiger partial charge on any atom is 0.144 e. The fraction of sp³-hybridized carbons (Fsp3) is 0.412. The van der Waals surface area contributed by atoms with Crippen molar-refractivity contribution < 1.29 is 5.11 Å². The van der Waals surface area contributed by atoms with Crippen LogP contribution in [0.25, 0.3) is 10.9 Å². The Morgan fingerprint density at radius 3 is 2.67 bits per heavy atom. The molecule has 0 saturated heterocycles. The second-order valence-electron chi connectivity index (χ2n) is 5.21. The number of aliphatic hydroxyl groups excluding tert-OH is 1. The van der Waals surface area contributed by atoms with Gasteiger partial charge in [-0.25, -0.2) is 4.98 Å². The molecule has 110 valence electrons. The van der Waals surface area contributed by atoms with Crippen LogP contribution in [-0.2, 0) is 0 Å². The number of benzene rings is 1. The first-order valence-corrected chi connectivity index (χ1v) is 7.41. The first-order valence-electron chi connectivity index (χ1n) is 7.41. The summed E-state index contributed by atoms with van der Waals surface area (Å²) in [6.07, 6.45) is 1.45. The predicted octanol–water partition coefficient (Wildman–Crippen LogP) is 3.32. The molecule has 21 heavy (non-hydrogen) atoms. The van der Waals surface area contributed by atoms with Crippen molar-refractivity contribution in [2.45, 2.75) is 32.8 Å². The van der Waals surface area contributed by atoms with Crippen LogP contribution in [0, 0.1) is 17.2 Å². The summed E-state index contributed by atoms with van der Waals surface area (Å²) in [5, 5.41) is 23.5. The topological polar surface area (TPSA) is 68.9 Å². The van der Waals surface area contributed by atoms with Gasteiger partial charge in [0, 0.05) is 11.9 Å². The molecule has 4 heteroatoms. The summed E-state index contributed by atoms with van der Waals surface area (Å²) in [7, 11) is 0. The number of hydrogen-bond donors (Lipinski definition) is 2. The lowest BCUT2D eigenvalue weighted by molar-refractivity contribution is 0.114. The highest BCUT2D eigenvalue weighted by atomic mass is 16.3. The van der Waals surface area contributed by atoms with Gasteiger partial charge in [-0.3, -0.25) is 0 Å². The van der Waals surface area contributed by atoms with Gasteiger partial charge in [-0.2, -0.15) is 5.26 Å². The van der Waals surface area contributed by atoms with Crippen molar-refractivity contribution in [3.63, 3.8) is 0 Å². The molecule has 2 rings (SSSR count). The van der Waals surface area contributed by atoms with E-state index in [2.05, 4.69) is 30.2 Å². The molecule has 0 radical (unpaired) electrons. The van der Waals surface area contributed by atoms with Crippen molar-refractivity contribution in [1.82, 2.24) is 4.98 Å². The Balaban J connectivity index is 2.19. The van der Waals surface area contributed by atoms with E-state index in [1.54, 1.807) is 0 Å². The van der Waals surface area contributed by atoms with Gasteiger partial charge in [0.25, 0.3) is 0 Å². The largest absolute Gasteiger partial charge is 0.391 e. The van der Waals surface area contributed by atoms with E-state index in [0.29, 0.717) is 17.9 Å². The van der Waals surface area contributed by atoms with Crippen LogP contribution < -0.4 is 5.32 Å². The number of aliphatic hydroxyl groups is 1. The first-order chi connectivity index (χ1) is 10.2. The van der Waals surface area contributed by atoms with Crippen molar-refractivity contribution >= 4 is 16.7 Å². The SMILES string of the molecule is CCC(CC)C(O)CNc1nc2ccccc2cc1C#N. The number of aromatic nitrogens is 1. The zero-order chi connectivity index (χ0) is 15.2. The maximum atomic E-state index is 10.2. The molecule has 0 spiro atoms. The van der Waals surface area contributed by atoms with Crippen LogP contribution >= 0.6 is 0 Å². The lowest BCUT2D eigenvalue weighted by Gasteiger charge is -2.21. The van der Waals surface area contributed by atoms with E-state index in [9.17, 15) is 10.4 Å². The molecule has 0 aliphatic heterocycles. The van der Waals surface area contributed by atoms with Crippen LogP contribution in [0.1, 0.15) is 32.3 Å². The minimum absolute atomic E-state index is 0.267. The van der Waals surface area contributed by atoms with Gasteiger partial charge in [0.2, 0.25) is 0 Å². The number of nitriles is 1. The number of nitrogens with one attached hydrogen (secondary N) is 1. The minimum atomic E-state index is -0.431. The highest BCUT2D eigenvalue weighted by Gasteiger charge is 2.16. The van der Waals surface area contributed by atoms with Crippen LogP contribution in [0.2, 0.25) is 0 Å². The fourth-order valence-corrected chi connectivity index (χ4v) is 2.54. The molecule has 1 unspecified atom stereocenters. The van der Waals surface area contributed by atoms with Gasteiger partial charge in [0.15, 0.2) is 0 Å². The molecular weight excluding hydrogens is 262 g/mol. The predicted molar refractivity (Wildman–Crippen MR) is 85.0 cm³/mol. The van der Waals surface area contributed by atoms with E-state index < -0.39 is 6.10 Å². The number of nitrogens with zero attached hydrogens (tertiary/aromatic N) is 2. The number of pyridine rings is 1. The molecule has 4 nitrogen and oxygen atoms in total. The smallest absolute Gasteiger partial charge is 0.144 e. The molecule has 0 aliphatic rings. The summed E-state index contributed by atoms with van der Waals surface area (Å²) in [5.41, 5.74) is 1.35. The molecule has 2 aromatic rings. The van der Waals surface area contributed by atoms with Crippen molar-refractivity contribution in [1.29, 1.82) is 5.26 Å². The third-order valence-electron chi connectivity index (χ3n) is 3.92. The zero-order valence-corrected chi connectivity index (χ0v) is 12.5. The van der Waals surface area contributed by atoms with Crippen LogP contribution in [0.3, 0.4) is 0 Å². The Morgan fingerprint density at radius 2 is 2.00 bits per heavy atom. The quantitative estimate of drug-likeness (QED) is 0.853. The normalized spacial score (nSPS) is 12.3. The Bertz CT molecular complexity index is 644. The van der Waals surface area contributed by atoms with Gasteiger partial charge in [0.1, 0.15) is 11.9 Å². The van der Waals surface area contributed by atoms with Gasteiger partial charge in [-0.05, 0) is 18.1 Å². The van der Waals surface area contributed by atoms with Crippen molar-refractivity contribution in [2.24, 2.45) is 5.92 Å². The van der Waals surface area contributed by atoms with E-state index in [1.165, 1.54) is 0 Å². The second kappa shape index (κ2) is 7.05. The minimum Gasteiger partial charge on any atom is -0.391 e. The molecule has 1 atom stereocenters. The van der Waals surface area contributed by atoms with Crippen molar-refractivity contribution in [3.05, 3.63) is 35.9 Å². The average Bonchev–Trinajstić information content (AvgIpc) is 2.53. The van der Waals surface area contributed by atoms with Gasteiger partial charge >= 0.3 is 0 Å². The van der Waals surface area contributed by atoms with E-state index in [4.69, 9.17) is 0 Å². The maximum absolute atomic E-state index is 10.2. The highest BCUT2D eigenvalue weighted by Crippen LogP contribution is 2.20. The molecule has 1 aromatic carbocycles. The number of para-hydroxylation sites is 1. The first kappa shape index (κ1) is 15.3. The summed E-state index contributed by atoms with van der Waals surface area (Å²) in [6.45, 7) is 4.56. The molecule has 0 fully saturated rings. The Kier molecular flexibility index (Phi) is 5.13. The third kappa shape index (κ3) is 3.50. The summed E-state index contributed by atoms with van der Waals surface area (Å²) in [6, 6.07) is 11.7. The van der Waals surface area contributed by atoms with Crippen molar-refractivity contribution in [3.8, 4) is 6.07 Å². The molecule has 1 aromatic heterocycles. The van der Waals surface area contributed by atoms with Crippen molar-refractivity contribution in [2.75, 3.05) is 11.9 Å². The van der Waals surface area contributed by atoms with Gasteiger partial charge in [-0.1, -0.05) is 44.9 Å². The van der Waals surface area contributed by atoms with Gasteiger partial charge in [-0.15, -0.1) is 0 Å². The van der Waals surface area contributed by atoms with Crippen LogP contribution in [0.15, 0.2) is 30.3 Å². The van der Waals surface area contributed by atoms with E-state index in [0.717, 1.165) is 23.7 Å². The van der Waals surface area contributed by atoms with Crippen LogP contribution in [-0.4, -0.2) is 22.7 Å². The second-order valence-corrected chi connectivity index (χ2v) is 5.21. The number of rotatable bonds is 6. The Morgan fingerprint density at radius 1 is 1.29 bits per heavy atom. The fourth-order valence-electron chi connectivity index (χ4n) is 2.54. The van der Waals surface area contributed by atoms with E-state index in [1.807, 2.05) is 30.3 Å². The molecule has 2 N–H and O–H groups in total. The third-order valence-corrected chi connectivity index (χ3v) is 3.92. The lowest BCUT2D eigenvalue weighted by atomic mass is 9.96. The summed E-state index contributed by atoms with van der Waals surface area (Å²) < 4.78 is 0. The van der Waals surface area contributed by atoms with Crippen LogP contribution in [0.5, 0.6) is 0 Å². The number of hydrogen-bond acceptors (Lipinski definition) is 4. The standard InChI is InChI=1S/C17H21N3O/c1-3-12(4-2)16(21)11-19-17-14(10-18)9-13-7-5-6-8-15(13)20-17/h5-9,12,16,21H,3-4,11H2,1-2H3,(H,19,20). The van der Waals surface area contributed by atoms with E-state index >= 15 is 0 Å². The molecule has 0 amide bonds. The monoisotopic (exact) mass is 283 g/mol. The van der Waals surface area contributed by atoms with Crippen LogP contribution in [0.4, 0.5) is 5.82 Å². The Labute approximate surface area is 125 Å². The van der Waals surface area contributed by atoms with Gasteiger partial charge < -0.3 is 10.4 Å². The zero-order valence-electron chi connectivity index (χ0n) is 12.5. The van der Waals surface area contributed by atoms with E-state index in [-0.39, 0.29) is 5.92 Å². The summed E-state index contributed by atoms with van der Waals surface area (Å²) in [4.78, 5) is 4.48. The molecular formula is C17H21N3O. The summed E-state index contributed by atoms with van der Waals surface area (Å²) >= 11 is 0. The lowest BCUT2D eigenvalue weighted by Crippen LogP contribution is -2.28. The average molecular weight is 283 g/mol. The Hall–Kier alpha value is -2.12. The molecule has 0 bridgehead atoms. The molecule has 0 aliphatic carbocycles. The van der Waals surface area contributed by atoms with Gasteiger partial charge in [0.05, 0.1) is 17.2 Å². The highest BCUT2D eigenvalue weighted by molar-refractivity contribution is 5.82. The molecule has 1 heterocycles. The molecule has 0 saturated carbocycles.